The molecule has 7 heteroatoms. The topological polar surface area (TPSA) is 79.3 Å². The molecule has 118 valence electrons. The first kappa shape index (κ1) is 17.2. The summed E-state index contributed by atoms with van der Waals surface area (Å²) in [6, 6.07) is 1.90. The fraction of sp³-hybridized carbons (Fsp3) is 0.643. The van der Waals surface area contributed by atoms with Crippen LogP contribution in [0.1, 0.15) is 26.5 Å². The molecule has 1 aromatic heterocycles. The van der Waals surface area contributed by atoms with Crippen molar-refractivity contribution in [3.8, 4) is 0 Å². The van der Waals surface area contributed by atoms with Crippen LogP contribution in [0.4, 0.5) is 5.82 Å². The molecule has 21 heavy (non-hydrogen) atoms. The smallest absolute Gasteiger partial charge is 0.239 e. The van der Waals surface area contributed by atoms with Gasteiger partial charge in [0.15, 0.2) is 0 Å². The Kier molecular flexibility index (Phi) is 6.36. The lowest BCUT2D eigenvalue weighted by molar-refractivity contribution is -0.123. The molecule has 0 atom stereocenters. The molecule has 0 radical (unpaired) electrons. The highest BCUT2D eigenvalue weighted by molar-refractivity contribution is 5.92. The van der Waals surface area contributed by atoms with Gasteiger partial charge in [0.2, 0.25) is 11.8 Å². The van der Waals surface area contributed by atoms with Gasteiger partial charge in [-0.1, -0.05) is 6.92 Å². The summed E-state index contributed by atoms with van der Waals surface area (Å²) in [6.45, 7) is 8.62. The number of amides is 2. The van der Waals surface area contributed by atoms with Crippen molar-refractivity contribution in [1.29, 1.82) is 0 Å². The molecule has 2 N–H and O–H groups in total. The van der Waals surface area contributed by atoms with Crippen molar-refractivity contribution in [3.63, 3.8) is 0 Å². The number of aryl methyl sites for hydroxylation is 2. The predicted octanol–water partition coefficient (Wildman–Crippen LogP) is 0.514. The van der Waals surface area contributed by atoms with Crippen LogP contribution in [-0.4, -0.2) is 52.2 Å². The van der Waals surface area contributed by atoms with Gasteiger partial charge in [-0.3, -0.25) is 19.2 Å². The molecule has 2 amide bonds. The van der Waals surface area contributed by atoms with Crippen molar-refractivity contribution in [2.75, 3.05) is 25.0 Å². The molecule has 0 bridgehead atoms. The molecular formula is C14H25N5O2. The summed E-state index contributed by atoms with van der Waals surface area (Å²) in [5.74, 6) is 0.424. The lowest BCUT2D eigenvalue weighted by Crippen LogP contribution is -2.42. The van der Waals surface area contributed by atoms with Gasteiger partial charge in [-0.05, 0) is 27.3 Å². The molecular weight excluding hydrogens is 270 g/mol. The second-order valence-electron chi connectivity index (χ2n) is 5.37. The van der Waals surface area contributed by atoms with Crippen molar-refractivity contribution in [3.05, 3.63) is 11.8 Å². The lowest BCUT2D eigenvalue weighted by Gasteiger charge is -2.20. The third kappa shape index (κ3) is 5.95. The first-order chi connectivity index (χ1) is 9.81. The number of nitrogens with one attached hydrogen (secondary N) is 2. The van der Waals surface area contributed by atoms with E-state index in [0.717, 1.165) is 5.69 Å². The van der Waals surface area contributed by atoms with Gasteiger partial charge in [0.25, 0.3) is 0 Å². The number of nitrogens with zero attached hydrogens (tertiary/aromatic N) is 3. The van der Waals surface area contributed by atoms with Gasteiger partial charge in [-0.25, -0.2) is 0 Å². The molecule has 0 saturated carbocycles. The van der Waals surface area contributed by atoms with E-state index < -0.39 is 0 Å². The van der Waals surface area contributed by atoms with E-state index >= 15 is 0 Å². The molecule has 0 fully saturated rings. The predicted molar refractivity (Wildman–Crippen MR) is 82.0 cm³/mol. The Hall–Kier alpha value is -1.89. The summed E-state index contributed by atoms with van der Waals surface area (Å²) in [4.78, 5) is 25.5. The molecule has 1 heterocycles. The third-order valence-corrected chi connectivity index (χ3v) is 2.90. The van der Waals surface area contributed by atoms with E-state index in [0.29, 0.717) is 12.4 Å². The number of carbonyl (C=O) groups is 2. The highest BCUT2D eigenvalue weighted by atomic mass is 16.2. The number of rotatable bonds is 7. The summed E-state index contributed by atoms with van der Waals surface area (Å²) in [7, 11) is 1.77. The monoisotopic (exact) mass is 295 g/mol. The first-order valence-electron chi connectivity index (χ1n) is 7.14. The highest BCUT2D eigenvalue weighted by Gasteiger charge is 2.14. The fourth-order valence-electron chi connectivity index (χ4n) is 1.96. The minimum atomic E-state index is -0.155. The summed E-state index contributed by atoms with van der Waals surface area (Å²) in [5, 5.41) is 9.78. The van der Waals surface area contributed by atoms with Gasteiger partial charge in [-0.15, -0.1) is 0 Å². The van der Waals surface area contributed by atoms with E-state index in [9.17, 15) is 9.59 Å². The molecule has 7 nitrogen and oxygen atoms in total. The molecule has 1 aromatic rings. The van der Waals surface area contributed by atoms with Crippen molar-refractivity contribution in [1.82, 2.24) is 20.0 Å². The van der Waals surface area contributed by atoms with Crippen molar-refractivity contribution >= 4 is 17.6 Å². The van der Waals surface area contributed by atoms with E-state index in [4.69, 9.17) is 0 Å². The normalized spacial score (nSPS) is 11.0. The summed E-state index contributed by atoms with van der Waals surface area (Å²) >= 11 is 0. The number of carbonyl (C=O) groups excluding carboxylic acids is 2. The zero-order chi connectivity index (χ0) is 16.0. The number of likely N-dealkylation sites (N-methyl/N-ethyl adjacent to an activating group) is 1. The zero-order valence-electron chi connectivity index (χ0n) is 13.4. The Morgan fingerprint density at radius 3 is 2.43 bits per heavy atom. The second kappa shape index (κ2) is 7.78. The summed E-state index contributed by atoms with van der Waals surface area (Å²) < 4.78 is 1.62. The van der Waals surface area contributed by atoms with Gasteiger partial charge < -0.3 is 10.6 Å². The Labute approximate surface area is 125 Å². The van der Waals surface area contributed by atoms with E-state index in [-0.39, 0.29) is 30.9 Å². The quantitative estimate of drug-likeness (QED) is 0.768. The molecule has 0 saturated heterocycles. The van der Waals surface area contributed by atoms with Crippen molar-refractivity contribution < 1.29 is 9.59 Å². The minimum absolute atomic E-state index is 0.0731. The largest absolute Gasteiger partial charge is 0.353 e. The van der Waals surface area contributed by atoms with E-state index in [1.807, 2.05) is 27.7 Å². The molecule has 0 aromatic carbocycles. The van der Waals surface area contributed by atoms with Gasteiger partial charge in [0.1, 0.15) is 5.82 Å². The standard InChI is InChI=1S/C14H25N5O2/c1-6-19(8-13(20)15-10(2)3)9-14(21)16-12-7-11(4)17-18(12)5/h7,10H,6,8-9H2,1-5H3,(H,15,20)(H,16,21). The Bertz CT molecular complexity index is 496. The van der Waals surface area contributed by atoms with Gasteiger partial charge in [-0.2, -0.15) is 5.10 Å². The van der Waals surface area contributed by atoms with E-state index in [1.165, 1.54) is 0 Å². The molecule has 1 rings (SSSR count). The van der Waals surface area contributed by atoms with Crippen LogP contribution in [0.2, 0.25) is 0 Å². The number of hydrogen-bond donors (Lipinski definition) is 2. The van der Waals surface area contributed by atoms with Gasteiger partial charge in [0.05, 0.1) is 18.8 Å². The van der Waals surface area contributed by atoms with Crippen LogP contribution in [-0.2, 0) is 16.6 Å². The molecule has 0 aliphatic carbocycles. The maximum absolute atomic E-state index is 12.0. The van der Waals surface area contributed by atoms with Crippen molar-refractivity contribution in [2.45, 2.75) is 33.7 Å². The maximum atomic E-state index is 12.0. The Balaban J connectivity index is 2.51. The average Bonchev–Trinajstić information content (AvgIpc) is 2.65. The van der Waals surface area contributed by atoms with Crippen LogP contribution < -0.4 is 10.6 Å². The van der Waals surface area contributed by atoms with Gasteiger partial charge in [0, 0.05) is 19.2 Å². The number of hydrogen-bond acceptors (Lipinski definition) is 4. The van der Waals surface area contributed by atoms with E-state index in [2.05, 4.69) is 15.7 Å². The number of anilines is 1. The third-order valence-electron chi connectivity index (χ3n) is 2.90. The summed E-state index contributed by atoms with van der Waals surface area (Å²) in [5.41, 5.74) is 0.844. The Morgan fingerprint density at radius 1 is 1.33 bits per heavy atom. The minimum Gasteiger partial charge on any atom is -0.353 e. The summed E-state index contributed by atoms with van der Waals surface area (Å²) in [6.07, 6.45) is 0. The first-order valence-corrected chi connectivity index (χ1v) is 7.14. The lowest BCUT2D eigenvalue weighted by atomic mass is 10.3. The fourth-order valence-corrected chi connectivity index (χ4v) is 1.96. The highest BCUT2D eigenvalue weighted by Crippen LogP contribution is 2.07. The van der Waals surface area contributed by atoms with Crippen LogP contribution >= 0.6 is 0 Å². The molecule has 0 aliphatic heterocycles. The number of aromatic nitrogens is 2. The van der Waals surface area contributed by atoms with Gasteiger partial charge >= 0.3 is 0 Å². The second-order valence-corrected chi connectivity index (χ2v) is 5.37. The van der Waals surface area contributed by atoms with Crippen LogP contribution in [0.3, 0.4) is 0 Å². The molecule has 0 aliphatic rings. The molecule has 0 unspecified atom stereocenters. The SMILES string of the molecule is CCN(CC(=O)Nc1cc(C)nn1C)CC(=O)NC(C)C. The van der Waals surface area contributed by atoms with Crippen molar-refractivity contribution in [2.24, 2.45) is 7.05 Å². The molecule has 0 spiro atoms. The van der Waals surface area contributed by atoms with Crippen LogP contribution in [0.5, 0.6) is 0 Å². The Morgan fingerprint density at radius 2 is 1.95 bits per heavy atom. The average molecular weight is 295 g/mol. The van der Waals surface area contributed by atoms with Crippen LogP contribution in [0, 0.1) is 6.92 Å². The van der Waals surface area contributed by atoms with E-state index in [1.54, 1.807) is 22.7 Å². The maximum Gasteiger partial charge on any atom is 0.239 e. The van der Waals surface area contributed by atoms with Crippen LogP contribution in [0.15, 0.2) is 6.07 Å². The van der Waals surface area contributed by atoms with Crippen LogP contribution in [0.25, 0.3) is 0 Å². The zero-order valence-corrected chi connectivity index (χ0v) is 13.4.